The summed E-state index contributed by atoms with van der Waals surface area (Å²) in [5.74, 6) is 7.78. The summed E-state index contributed by atoms with van der Waals surface area (Å²) >= 11 is 0. The summed E-state index contributed by atoms with van der Waals surface area (Å²) in [6.07, 6.45) is 2.52. The maximum Gasteiger partial charge on any atom is 0.145 e. The van der Waals surface area contributed by atoms with Crippen LogP contribution in [0.15, 0.2) is 6.07 Å². The highest BCUT2D eigenvalue weighted by atomic mass is 15.3. The van der Waals surface area contributed by atoms with Crippen LogP contribution >= 0.6 is 0 Å². The van der Waals surface area contributed by atoms with E-state index in [0.29, 0.717) is 11.9 Å². The zero-order valence-corrected chi connectivity index (χ0v) is 11.5. The van der Waals surface area contributed by atoms with E-state index in [1.54, 1.807) is 0 Å². The van der Waals surface area contributed by atoms with Gasteiger partial charge in [-0.25, -0.2) is 15.8 Å². The largest absolute Gasteiger partial charge is 0.308 e. The Bertz CT molecular complexity index is 406. The molecule has 2 rings (SSSR count). The van der Waals surface area contributed by atoms with Gasteiger partial charge in [0.2, 0.25) is 0 Å². The van der Waals surface area contributed by atoms with E-state index in [1.165, 1.54) is 12.8 Å². The fourth-order valence-electron chi connectivity index (χ4n) is 2.65. The fourth-order valence-corrected chi connectivity index (χ4v) is 2.65. The van der Waals surface area contributed by atoms with Gasteiger partial charge in [0, 0.05) is 17.8 Å². The Morgan fingerprint density at radius 3 is 2.89 bits per heavy atom. The second kappa shape index (κ2) is 5.63. The number of rotatable bonds is 3. The molecular weight excluding hydrogens is 226 g/mol. The van der Waals surface area contributed by atoms with Crippen LogP contribution in [0.4, 0.5) is 5.82 Å². The molecule has 0 bridgehead atoms. The summed E-state index contributed by atoms with van der Waals surface area (Å²) in [6, 6.07) is 2.46. The number of hydrazine groups is 1. The lowest BCUT2D eigenvalue weighted by molar-refractivity contribution is 0.119. The van der Waals surface area contributed by atoms with Crippen LogP contribution in [0.5, 0.6) is 0 Å². The van der Waals surface area contributed by atoms with Gasteiger partial charge in [0.05, 0.1) is 6.54 Å². The number of aryl methyl sites for hydroxylation is 1. The maximum atomic E-state index is 5.41. The van der Waals surface area contributed by atoms with Crippen molar-refractivity contribution in [3.8, 4) is 0 Å². The number of nitrogens with two attached hydrogens (primary N) is 1. The highest BCUT2D eigenvalue weighted by molar-refractivity contribution is 5.33. The van der Waals surface area contributed by atoms with Crippen LogP contribution < -0.4 is 11.3 Å². The topological polar surface area (TPSA) is 67.1 Å². The first-order valence-corrected chi connectivity index (χ1v) is 6.63. The van der Waals surface area contributed by atoms with Gasteiger partial charge in [-0.2, -0.15) is 0 Å². The van der Waals surface area contributed by atoms with E-state index in [9.17, 15) is 0 Å². The van der Waals surface area contributed by atoms with Crippen molar-refractivity contribution in [1.82, 2.24) is 14.9 Å². The summed E-state index contributed by atoms with van der Waals surface area (Å²) in [5, 5.41) is 0. The van der Waals surface area contributed by atoms with Gasteiger partial charge in [-0.1, -0.05) is 6.92 Å². The van der Waals surface area contributed by atoms with Crippen LogP contribution in [0.1, 0.15) is 38.2 Å². The fraction of sp³-hybridized carbons (Fsp3) is 0.692. The minimum Gasteiger partial charge on any atom is -0.308 e. The van der Waals surface area contributed by atoms with Gasteiger partial charge in [0.25, 0.3) is 0 Å². The molecule has 1 aliphatic rings. The summed E-state index contributed by atoms with van der Waals surface area (Å²) in [6.45, 7) is 8.52. The Hall–Kier alpha value is -1.20. The van der Waals surface area contributed by atoms with Gasteiger partial charge in [-0.05, 0) is 39.2 Å². The monoisotopic (exact) mass is 249 g/mol. The van der Waals surface area contributed by atoms with E-state index in [-0.39, 0.29) is 0 Å². The first-order chi connectivity index (χ1) is 8.58. The number of hydrogen-bond acceptors (Lipinski definition) is 5. The van der Waals surface area contributed by atoms with Gasteiger partial charge in [-0.15, -0.1) is 0 Å². The number of hydrogen-bond donors (Lipinski definition) is 2. The molecule has 5 heteroatoms. The summed E-state index contributed by atoms with van der Waals surface area (Å²) < 4.78 is 0. The third kappa shape index (κ3) is 3.17. The van der Waals surface area contributed by atoms with E-state index in [1.807, 2.05) is 13.0 Å². The molecule has 100 valence electrons. The lowest BCUT2D eigenvalue weighted by Crippen LogP contribution is -2.40. The quantitative estimate of drug-likeness (QED) is 0.630. The highest BCUT2D eigenvalue weighted by Gasteiger charge is 2.23. The molecule has 0 aromatic carbocycles. The molecule has 1 saturated heterocycles. The number of anilines is 1. The van der Waals surface area contributed by atoms with E-state index in [2.05, 4.69) is 34.1 Å². The molecule has 5 nitrogen and oxygen atoms in total. The van der Waals surface area contributed by atoms with Crippen LogP contribution in [0, 0.1) is 12.8 Å². The minimum absolute atomic E-state index is 0.604. The molecule has 2 unspecified atom stereocenters. The maximum absolute atomic E-state index is 5.41. The standard InChI is InChI=1S/C13H23N5/c1-9-4-5-18(11(3)6-9)8-13-15-10(2)7-12(16-13)17-14/h7,9,11H,4-6,8,14H2,1-3H3,(H,15,16,17). The second-order valence-corrected chi connectivity index (χ2v) is 5.40. The van der Waals surface area contributed by atoms with Gasteiger partial charge >= 0.3 is 0 Å². The van der Waals surface area contributed by atoms with Crippen LogP contribution in [0.3, 0.4) is 0 Å². The number of nitrogens with one attached hydrogen (secondary N) is 1. The van der Waals surface area contributed by atoms with Crippen molar-refractivity contribution in [3.05, 3.63) is 17.6 Å². The molecule has 0 spiro atoms. The smallest absolute Gasteiger partial charge is 0.145 e. The highest BCUT2D eigenvalue weighted by Crippen LogP contribution is 2.23. The molecule has 0 radical (unpaired) electrons. The average molecular weight is 249 g/mol. The van der Waals surface area contributed by atoms with Gasteiger partial charge in [0.1, 0.15) is 11.6 Å². The molecular formula is C13H23N5. The van der Waals surface area contributed by atoms with E-state index in [4.69, 9.17) is 5.84 Å². The van der Waals surface area contributed by atoms with E-state index >= 15 is 0 Å². The predicted molar refractivity (Wildman–Crippen MR) is 72.8 cm³/mol. The lowest BCUT2D eigenvalue weighted by Gasteiger charge is -2.36. The Kier molecular flexibility index (Phi) is 4.14. The average Bonchev–Trinajstić information content (AvgIpc) is 2.32. The molecule has 0 amide bonds. The Morgan fingerprint density at radius 1 is 1.44 bits per heavy atom. The van der Waals surface area contributed by atoms with Crippen molar-refractivity contribution < 1.29 is 0 Å². The molecule has 1 aromatic rings. The van der Waals surface area contributed by atoms with E-state index < -0.39 is 0 Å². The van der Waals surface area contributed by atoms with Gasteiger partial charge in [-0.3, -0.25) is 4.90 Å². The number of likely N-dealkylation sites (tertiary alicyclic amines) is 1. The van der Waals surface area contributed by atoms with Crippen LogP contribution in [-0.4, -0.2) is 27.5 Å². The van der Waals surface area contributed by atoms with Crippen LogP contribution in [-0.2, 0) is 6.54 Å². The van der Waals surface area contributed by atoms with E-state index in [0.717, 1.165) is 30.5 Å². The molecule has 3 N–H and O–H groups in total. The molecule has 0 saturated carbocycles. The number of nitrogen functional groups attached to an aromatic ring is 1. The Labute approximate surface area is 109 Å². The van der Waals surface area contributed by atoms with Gasteiger partial charge in [0.15, 0.2) is 0 Å². The lowest BCUT2D eigenvalue weighted by atomic mass is 9.93. The van der Waals surface area contributed by atoms with Crippen molar-refractivity contribution >= 4 is 5.82 Å². The van der Waals surface area contributed by atoms with Crippen molar-refractivity contribution in [2.75, 3.05) is 12.0 Å². The van der Waals surface area contributed by atoms with Crippen LogP contribution in [0.2, 0.25) is 0 Å². The summed E-state index contributed by atoms with van der Waals surface area (Å²) in [4.78, 5) is 11.3. The molecule has 0 aliphatic carbocycles. The number of piperidine rings is 1. The normalized spacial score (nSPS) is 25.1. The molecule has 1 fully saturated rings. The molecule has 1 aromatic heterocycles. The molecule has 18 heavy (non-hydrogen) atoms. The number of aromatic nitrogens is 2. The molecule has 1 aliphatic heterocycles. The third-order valence-corrected chi connectivity index (χ3v) is 3.67. The van der Waals surface area contributed by atoms with Crippen molar-refractivity contribution in [1.29, 1.82) is 0 Å². The van der Waals surface area contributed by atoms with Crippen LogP contribution in [0.25, 0.3) is 0 Å². The summed E-state index contributed by atoms with van der Waals surface area (Å²) in [5.41, 5.74) is 3.54. The third-order valence-electron chi connectivity index (χ3n) is 3.67. The van der Waals surface area contributed by atoms with Crippen molar-refractivity contribution in [3.63, 3.8) is 0 Å². The Morgan fingerprint density at radius 2 is 2.22 bits per heavy atom. The molecule has 2 heterocycles. The zero-order valence-electron chi connectivity index (χ0n) is 11.5. The zero-order chi connectivity index (χ0) is 13.1. The molecule has 2 atom stereocenters. The predicted octanol–water partition coefficient (Wildman–Crippen LogP) is 1.69. The second-order valence-electron chi connectivity index (χ2n) is 5.40. The first-order valence-electron chi connectivity index (χ1n) is 6.63. The SMILES string of the molecule is Cc1cc(NN)nc(CN2CCC(C)CC2C)n1. The minimum atomic E-state index is 0.604. The van der Waals surface area contributed by atoms with Crippen molar-refractivity contribution in [2.45, 2.75) is 46.2 Å². The van der Waals surface area contributed by atoms with Crippen molar-refractivity contribution in [2.24, 2.45) is 11.8 Å². The summed E-state index contributed by atoms with van der Waals surface area (Å²) in [7, 11) is 0. The first kappa shape index (κ1) is 13.2. The number of nitrogens with zero attached hydrogens (tertiary/aromatic N) is 3. The van der Waals surface area contributed by atoms with Gasteiger partial charge < -0.3 is 5.43 Å². The Balaban J connectivity index is 2.06.